The molecular weight excluding hydrogens is 196 g/mol. The maximum absolute atomic E-state index is 3.47. The fourth-order valence-electron chi connectivity index (χ4n) is 2.42. The van der Waals surface area contributed by atoms with Crippen LogP contribution in [-0.4, -0.2) is 37.6 Å². The zero-order chi connectivity index (χ0) is 11.5. The van der Waals surface area contributed by atoms with E-state index in [0.29, 0.717) is 0 Å². The molecule has 0 aromatic rings. The molecule has 16 heavy (non-hydrogen) atoms. The largest absolute Gasteiger partial charge is 0.317 e. The van der Waals surface area contributed by atoms with Gasteiger partial charge in [-0.05, 0) is 64.8 Å². The molecule has 1 saturated heterocycles. The van der Waals surface area contributed by atoms with Crippen molar-refractivity contribution < 1.29 is 0 Å². The number of nitrogens with one attached hydrogen (secondary N) is 1. The van der Waals surface area contributed by atoms with E-state index in [1.165, 1.54) is 84.1 Å². The molecule has 1 aliphatic heterocycles. The number of unbranched alkanes of at least 4 members (excludes halogenated alkanes) is 2. The SMILES string of the molecule is CCCNCCCCCN1CCCCCC1. The van der Waals surface area contributed by atoms with Crippen LogP contribution in [0.1, 0.15) is 58.3 Å². The fourth-order valence-corrected chi connectivity index (χ4v) is 2.42. The number of hydrogen-bond donors (Lipinski definition) is 1. The third-order valence-corrected chi connectivity index (χ3v) is 3.45. The van der Waals surface area contributed by atoms with E-state index < -0.39 is 0 Å². The van der Waals surface area contributed by atoms with Crippen LogP contribution < -0.4 is 5.32 Å². The minimum atomic E-state index is 1.19. The zero-order valence-electron chi connectivity index (χ0n) is 11.1. The Morgan fingerprint density at radius 3 is 2.31 bits per heavy atom. The van der Waals surface area contributed by atoms with Gasteiger partial charge in [-0.15, -0.1) is 0 Å². The van der Waals surface area contributed by atoms with Crippen molar-refractivity contribution in [1.82, 2.24) is 10.2 Å². The molecule has 96 valence electrons. The number of hydrogen-bond acceptors (Lipinski definition) is 2. The fraction of sp³-hybridized carbons (Fsp3) is 1.00. The summed E-state index contributed by atoms with van der Waals surface area (Å²) >= 11 is 0. The van der Waals surface area contributed by atoms with Gasteiger partial charge in [-0.25, -0.2) is 0 Å². The van der Waals surface area contributed by atoms with Crippen LogP contribution in [-0.2, 0) is 0 Å². The lowest BCUT2D eigenvalue weighted by molar-refractivity contribution is 0.278. The van der Waals surface area contributed by atoms with Crippen LogP contribution in [0.15, 0.2) is 0 Å². The predicted molar refractivity (Wildman–Crippen MR) is 71.9 cm³/mol. The van der Waals surface area contributed by atoms with Gasteiger partial charge in [-0.3, -0.25) is 0 Å². The first kappa shape index (κ1) is 14.0. The van der Waals surface area contributed by atoms with E-state index in [9.17, 15) is 0 Å². The van der Waals surface area contributed by atoms with E-state index in [0.717, 1.165) is 0 Å². The molecule has 1 N–H and O–H groups in total. The lowest BCUT2D eigenvalue weighted by Crippen LogP contribution is -2.25. The molecule has 2 nitrogen and oxygen atoms in total. The second-order valence-electron chi connectivity index (χ2n) is 5.07. The highest BCUT2D eigenvalue weighted by molar-refractivity contribution is 4.63. The molecule has 0 aromatic heterocycles. The van der Waals surface area contributed by atoms with Gasteiger partial charge in [-0.1, -0.05) is 26.2 Å². The smallest absolute Gasteiger partial charge is 0.00187 e. The molecule has 0 atom stereocenters. The molecule has 0 bridgehead atoms. The van der Waals surface area contributed by atoms with E-state index in [-0.39, 0.29) is 0 Å². The summed E-state index contributed by atoms with van der Waals surface area (Å²) in [7, 11) is 0. The molecule has 1 fully saturated rings. The number of likely N-dealkylation sites (tertiary alicyclic amines) is 1. The minimum absolute atomic E-state index is 1.19. The number of rotatable bonds is 8. The summed E-state index contributed by atoms with van der Waals surface area (Å²) < 4.78 is 0. The van der Waals surface area contributed by atoms with Crippen molar-refractivity contribution in [1.29, 1.82) is 0 Å². The highest BCUT2D eigenvalue weighted by Crippen LogP contribution is 2.10. The summed E-state index contributed by atoms with van der Waals surface area (Å²) in [6, 6.07) is 0. The summed E-state index contributed by atoms with van der Waals surface area (Å²) in [5.74, 6) is 0. The van der Waals surface area contributed by atoms with Crippen LogP contribution in [0.2, 0.25) is 0 Å². The van der Waals surface area contributed by atoms with Crippen LogP contribution in [0, 0.1) is 0 Å². The Kier molecular flexibility index (Phi) is 8.83. The Labute approximate surface area is 102 Å². The molecule has 0 spiro atoms. The second kappa shape index (κ2) is 10.1. The van der Waals surface area contributed by atoms with Crippen molar-refractivity contribution in [3.63, 3.8) is 0 Å². The van der Waals surface area contributed by atoms with E-state index >= 15 is 0 Å². The molecule has 1 rings (SSSR count). The normalized spacial score (nSPS) is 18.6. The van der Waals surface area contributed by atoms with E-state index in [2.05, 4.69) is 17.1 Å². The minimum Gasteiger partial charge on any atom is -0.317 e. The number of nitrogens with zero attached hydrogens (tertiary/aromatic N) is 1. The molecule has 0 saturated carbocycles. The summed E-state index contributed by atoms with van der Waals surface area (Å²) in [5, 5.41) is 3.47. The first-order valence-electron chi connectivity index (χ1n) is 7.36. The summed E-state index contributed by atoms with van der Waals surface area (Å²) in [6.07, 6.45) is 11.2. The lowest BCUT2D eigenvalue weighted by atomic mass is 10.2. The van der Waals surface area contributed by atoms with Gasteiger partial charge in [0.2, 0.25) is 0 Å². The van der Waals surface area contributed by atoms with Crippen LogP contribution in [0.3, 0.4) is 0 Å². The topological polar surface area (TPSA) is 15.3 Å². The van der Waals surface area contributed by atoms with E-state index in [1.807, 2.05) is 0 Å². The van der Waals surface area contributed by atoms with Gasteiger partial charge in [0.15, 0.2) is 0 Å². The maximum Gasteiger partial charge on any atom is -0.00187 e. The molecule has 0 aromatic carbocycles. The van der Waals surface area contributed by atoms with Gasteiger partial charge in [0.25, 0.3) is 0 Å². The Hall–Kier alpha value is -0.0800. The van der Waals surface area contributed by atoms with Crippen molar-refractivity contribution in [3.05, 3.63) is 0 Å². The Morgan fingerprint density at radius 1 is 0.875 bits per heavy atom. The zero-order valence-corrected chi connectivity index (χ0v) is 11.1. The molecule has 1 heterocycles. The Morgan fingerprint density at radius 2 is 1.62 bits per heavy atom. The first-order chi connectivity index (χ1) is 7.93. The maximum atomic E-state index is 3.47. The van der Waals surface area contributed by atoms with Crippen LogP contribution in [0.4, 0.5) is 0 Å². The Bertz CT molecular complexity index is 140. The van der Waals surface area contributed by atoms with Gasteiger partial charge in [-0.2, -0.15) is 0 Å². The standard InChI is InChI=1S/C14H30N2/c1-2-10-15-11-6-5-9-14-16-12-7-3-4-8-13-16/h15H,2-14H2,1H3. The molecular formula is C14H30N2. The van der Waals surface area contributed by atoms with Crippen molar-refractivity contribution in [2.45, 2.75) is 58.3 Å². The molecule has 0 radical (unpaired) electrons. The van der Waals surface area contributed by atoms with Crippen molar-refractivity contribution in [2.24, 2.45) is 0 Å². The lowest BCUT2D eigenvalue weighted by Gasteiger charge is -2.19. The van der Waals surface area contributed by atoms with Crippen molar-refractivity contribution >= 4 is 0 Å². The molecule has 0 amide bonds. The van der Waals surface area contributed by atoms with Crippen LogP contribution in [0.25, 0.3) is 0 Å². The van der Waals surface area contributed by atoms with E-state index in [4.69, 9.17) is 0 Å². The third kappa shape index (κ3) is 7.24. The monoisotopic (exact) mass is 226 g/mol. The predicted octanol–water partition coefficient (Wildman–Crippen LogP) is 3.03. The van der Waals surface area contributed by atoms with Gasteiger partial charge in [0, 0.05) is 0 Å². The van der Waals surface area contributed by atoms with Crippen LogP contribution in [0.5, 0.6) is 0 Å². The average Bonchev–Trinajstić information content (AvgIpc) is 2.56. The van der Waals surface area contributed by atoms with E-state index in [1.54, 1.807) is 0 Å². The molecule has 0 unspecified atom stereocenters. The summed E-state index contributed by atoms with van der Waals surface area (Å²) in [4.78, 5) is 2.67. The molecule has 2 heteroatoms. The van der Waals surface area contributed by atoms with Gasteiger partial charge >= 0.3 is 0 Å². The highest BCUT2D eigenvalue weighted by Gasteiger charge is 2.07. The average molecular weight is 226 g/mol. The van der Waals surface area contributed by atoms with Crippen molar-refractivity contribution in [3.8, 4) is 0 Å². The Balaban J connectivity index is 1.86. The first-order valence-corrected chi connectivity index (χ1v) is 7.36. The third-order valence-electron chi connectivity index (χ3n) is 3.45. The van der Waals surface area contributed by atoms with Gasteiger partial charge in [0.05, 0.1) is 0 Å². The van der Waals surface area contributed by atoms with Gasteiger partial charge < -0.3 is 10.2 Å². The summed E-state index contributed by atoms with van der Waals surface area (Å²) in [5.41, 5.74) is 0. The highest BCUT2D eigenvalue weighted by atomic mass is 15.1. The van der Waals surface area contributed by atoms with Gasteiger partial charge in [0.1, 0.15) is 0 Å². The van der Waals surface area contributed by atoms with Crippen LogP contribution >= 0.6 is 0 Å². The molecule has 0 aliphatic carbocycles. The molecule has 1 aliphatic rings. The van der Waals surface area contributed by atoms with Crippen molar-refractivity contribution in [2.75, 3.05) is 32.7 Å². The quantitative estimate of drug-likeness (QED) is 0.640. The second-order valence-corrected chi connectivity index (χ2v) is 5.07. The summed E-state index contributed by atoms with van der Waals surface area (Å²) in [6.45, 7) is 8.68.